The molecule has 1 amide bonds. The number of aromatic nitrogens is 3. The number of hydrogen-bond acceptors (Lipinski definition) is 8. The third-order valence-electron chi connectivity index (χ3n) is 4.34. The molecule has 1 heterocycles. The van der Waals surface area contributed by atoms with Gasteiger partial charge in [-0.15, -0.1) is 10.2 Å². The number of benzene rings is 2. The van der Waals surface area contributed by atoms with Crippen LogP contribution in [0.15, 0.2) is 47.6 Å². The van der Waals surface area contributed by atoms with Crippen molar-refractivity contribution in [2.75, 3.05) is 25.3 Å². The molecule has 0 aliphatic rings. The van der Waals surface area contributed by atoms with E-state index in [9.17, 15) is 14.4 Å². The first-order valence-corrected chi connectivity index (χ1v) is 10.6. The van der Waals surface area contributed by atoms with Crippen molar-refractivity contribution in [3.8, 4) is 11.4 Å². The second-order valence-electron chi connectivity index (χ2n) is 6.46. The van der Waals surface area contributed by atoms with Crippen LogP contribution in [-0.2, 0) is 21.3 Å². The lowest BCUT2D eigenvalue weighted by Crippen LogP contribution is -2.16. The van der Waals surface area contributed by atoms with Crippen LogP contribution < -0.4 is 5.32 Å². The molecule has 0 aliphatic heterocycles. The maximum absolute atomic E-state index is 12.5. The predicted molar refractivity (Wildman–Crippen MR) is 120 cm³/mol. The molecule has 0 radical (unpaired) electrons. The summed E-state index contributed by atoms with van der Waals surface area (Å²) in [5, 5.41) is 12.0. The SMILES string of the molecule is COC(=O)c1cc(NC(=O)CSc2nnc(-c3ccccc3Cl)n2C)cc(C(=O)OC)c1. The van der Waals surface area contributed by atoms with E-state index in [1.807, 2.05) is 18.2 Å². The fourth-order valence-corrected chi connectivity index (χ4v) is 3.75. The molecule has 0 bridgehead atoms. The Morgan fingerprint density at radius 2 is 1.66 bits per heavy atom. The van der Waals surface area contributed by atoms with Crippen molar-refractivity contribution >= 4 is 46.9 Å². The Morgan fingerprint density at radius 3 is 2.25 bits per heavy atom. The highest BCUT2D eigenvalue weighted by Gasteiger charge is 2.17. The lowest BCUT2D eigenvalue weighted by molar-refractivity contribution is -0.113. The van der Waals surface area contributed by atoms with E-state index < -0.39 is 11.9 Å². The van der Waals surface area contributed by atoms with Crippen LogP contribution in [0.5, 0.6) is 0 Å². The largest absolute Gasteiger partial charge is 0.465 e. The zero-order valence-electron chi connectivity index (χ0n) is 17.4. The van der Waals surface area contributed by atoms with Gasteiger partial charge in [-0.25, -0.2) is 9.59 Å². The Morgan fingerprint density at radius 1 is 1.03 bits per heavy atom. The van der Waals surface area contributed by atoms with Gasteiger partial charge in [0.1, 0.15) is 0 Å². The standard InChI is InChI=1S/C21H19ClN4O5S/c1-26-18(15-6-4-5-7-16(15)22)24-25-21(26)32-11-17(27)23-14-9-12(19(28)30-2)8-13(10-14)20(29)31-3/h4-10H,11H2,1-3H3,(H,23,27). The topological polar surface area (TPSA) is 112 Å². The number of nitrogens with zero attached hydrogens (tertiary/aromatic N) is 3. The van der Waals surface area contributed by atoms with Crippen molar-refractivity contribution in [1.29, 1.82) is 0 Å². The van der Waals surface area contributed by atoms with Crippen LogP contribution in [0.25, 0.3) is 11.4 Å². The monoisotopic (exact) mass is 474 g/mol. The number of amides is 1. The highest BCUT2D eigenvalue weighted by molar-refractivity contribution is 7.99. The maximum atomic E-state index is 12.5. The molecule has 0 saturated carbocycles. The van der Waals surface area contributed by atoms with Gasteiger partial charge >= 0.3 is 11.9 Å². The number of methoxy groups -OCH3 is 2. The smallest absolute Gasteiger partial charge is 0.337 e. The predicted octanol–water partition coefficient (Wildman–Crippen LogP) is 3.44. The molecular weight excluding hydrogens is 456 g/mol. The second-order valence-corrected chi connectivity index (χ2v) is 7.81. The van der Waals surface area contributed by atoms with E-state index in [-0.39, 0.29) is 28.5 Å². The first-order valence-electron chi connectivity index (χ1n) is 9.22. The first-order chi connectivity index (χ1) is 15.3. The van der Waals surface area contributed by atoms with Crippen molar-refractivity contribution in [1.82, 2.24) is 14.8 Å². The zero-order valence-corrected chi connectivity index (χ0v) is 19.0. The van der Waals surface area contributed by atoms with E-state index in [4.69, 9.17) is 21.1 Å². The van der Waals surface area contributed by atoms with Gasteiger partial charge in [0.2, 0.25) is 5.91 Å². The fraction of sp³-hybridized carbons (Fsp3) is 0.190. The molecule has 9 nitrogen and oxygen atoms in total. The molecular formula is C21H19ClN4O5S. The Labute approximate surface area is 193 Å². The van der Waals surface area contributed by atoms with Crippen molar-refractivity contribution in [3.05, 3.63) is 58.6 Å². The van der Waals surface area contributed by atoms with Crippen molar-refractivity contribution in [2.24, 2.45) is 7.05 Å². The van der Waals surface area contributed by atoms with Gasteiger partial charge in [0.05, 0.1) is 36.1 Å². The fourth-order valence-electron chi connectivity index (χ4n) is 2.82. The third-order valence-corrected chi connectivity index (χ3v) is 5.69. The summed E-state index contributed by atoms with van der Waals surface area (Å²) in [6.07, 6.45) is 0. The van der Waals surface area contributed by atoms with Crippen LogP contribution in [0.2, 0.25) is 5.02 Å². The van der Waals surface area contributed by atoms with Crippen LogP contribution in [0.3, 0.4) is 0 Å². The number of esters is 2. The van der Waals surface area contributed by atoms with Gasteiger partial charge < -0.3 is 19.4 Å². The molecule has 0 fully saturated rings. The molecule has 0 unspecified atom stereocenters. The summed E-state index contributed by atoms with van der Waals surface area (Å²) in [5.41, 5.74) is 1.20. The summed E-state index contributed by atoms with van der Waals surface area (Å²) in [6.45, 7) is 0. The van der Waals surface area contributed by atoms with Gasteiger partial charge in [-0.1, -0.05) is 35.5 Å². The van der Waals surface area contributed by atoms with E-state index in [0.29, 0.717) is 16.0 Å². The molecule has 0 saturated heterocycles. The minimum Gasteiger partial charge on any atom is -0.465 e. The van der Waals surface area contributed by atoms with Crippen LogP contribution in [-0.4, -0.2) is 52.6 Å². The lowest BCUT2D eigenvalue weighted by Gasteiger charge is -2.09. The number of nitrogens with one attached hydrogen (secondary N) is 1. The number of rotatable bonds is 7. The van der Waals surface area contributed by atoms with Crippen molar-refractivity contribution in [3.63, 3.8) is 0 Å². The van der Waals surface area contributed by atoms with Gasteiger partial charge in [-0.2, -0.15) is 0 Å². The average Bonchev–Trinajstić information content (AvgIpc) is 3.16. The third kappa shape index (κ3) is 5.27. The number of carbonyl (C=O) groups is 3. The van der Waals surface area contributed by atoms with E-state index in [1.54, 1.807) is 17.7 Å². The van der Waals surface area contributed by atoms with E-state index in [1.165, 1.54) is 44.2 Å². The average molecular weight is 475 g/mol. The molecule has 11 heteroatoms. The molecule has 1 N–H and O–H groups in total. The van der Waals surface area contributed by atoms with Gasteiger partial charge in [-0.05, 0) is 30.3 Å². The Kier molecular flexibility index (Phi) is 7.49. The van der Waals surface area contributed by atoms with E-state index in [2.05, 4.69) is 15.5 Å². The first kappa shape index (κ1) is 23.3. The summed E-state index contributed by atoms with van der Waals surface area (Å²) in [6, 6.07) is 11.4. The Hall–Kier alpha value is -3.37. The molecule has 2 aromatic carbocycles. The maximum Gasteiger partial charge on any atom is 0.337 e. The van der Waals surface area contributed by atoms with Crippen LogP contribution in [0.4, 0.5) is 5.69 Å². The van der Waals surface area contributed by atoms with Crippen molar-refractivity contribution in [2.45, 2.75) is 5.16 Å². The normalized spacial score (nSPS) is 10.5. The zero-order chi connectivity index (χ0) is 23.3. The molecule has 3 rings (SSSR count). The number of halogens is 1. The van der Waals surface area contributed by atoms with Gasteiger partial charge in [0, 0.05) is 18.3 Å². The second kappa shape index (κ2) is 10.3. The highest BCUT2D eigenvalue weighted by atomic mass is 35.5. The summed E-state index contributed by atoms with van der Waals surface area (Å²) in [4.78, 5) is 36.3. The summed E-state index contributed by atoms with van der Waals surface area (Å²) in [5.74, 6) is -1.06. The summed E-state index contributed by atoms with van der Waals surface area (Å²) < 4.78 is 11.1. The number of hydrogen-bond donors (Lipinski definition) is 1. The van der Waals surface area contributed by atoms with Crippen LogP contribution >= 0.6 is 23.4 Å². The minimum absolute atomic E-state index is 0.0184. The molecule has 3 aromatic rings. The van der Waals surface area contributed by atoms with Crippen LogP contribution in [0.1, 0.15) is 20.7 Å². The minimum atomic E-state index is -0.646. The number of carbonyl (C=O) groups excluding carboxylic acids is 3. The summed E-state index contributed by atoms with van der Waals surface area (Å²) in [7, 11) is 4.22. The molecule has 0 spiro atoms. The van der Waals surface area contributed by atoms with E-state index >= 15 is 0 Å². The van der Waals surface area contributed by atoms with Gasteiger partial charge in [-0.3, -0.25) is 4.79 Å². The Bertz CT molecular complexity index is 1150. The van der Waals surface area contributed by atoms with E-state index in [0.717, 1.165) is 5.56 Å². The molecule has 32 heavy (non-hydrogen) atoms. The van der Waals surface area contributed by atoms with Crippen molar-refractivity contribution < 1.29 is 23.9 Å². The quantitative estimate of drug-likeness (QED) is 0.409. The molecule has 166 valence electrons. The molecule has 1 aromatic heterocycles. The number of thioether (sulfide) groups is 1. The number of ether oxygens (including phenoxy) is 2. The number of anilines is 1. The molecule has 0 atom stereocenters. The van der Waals surface area contributed by atoms with Crippen LogP contribution in [0, 0.1) is 0 Å². The Balaban J connectivity index is 1.72. The van der Waals surface area contributed by atoms with Gasteiger partial charge in [0.25, 0.3) is 0 Å². The van der Waals surface area contributed by atoms with Gasteiger partial charge in [0.15, 0.2) is 11.0 Å². The molecule has 0 aliphatic carbocycles. The lowest BCUT2D eigenvalue weighted by atomic mass is 10.1. The summed E-state index contributed by atoms with van der Waals surface area (Å²) >= 11 is 7.41. The highest BCUT2D eigenvalue weighted by Crippen LogP contribution is 2.28.